The van der Waals surface area contributed by atoms with Crippen LogP contribution in [0.15, 0.2) is 36.5 Å². The molecule has 1 heterocycles. The highest BCUT2D eigenvalue weighted by atomic mass is 15.2. The fourth-order valence-corrected chi connectivity index (χ4v) is 3.56. The van der Waals surface area contributed by atoms with Crippen LogP contribution in [0, 0.1) is 0 Å². The zero-order chi connectivity index (χ0) is 14.7. The van der Waals surface area contributed by atoms with Crippen molar-refractivity contribution in [2.75, 3.05) is 20.6 Å². The van der Waals surface area contributed by atoms with Gasteiger partial charge in [0.1, 0.15) is 0 Å². The van der Waals surface area contributed by atoms with Crippen molar-refractivity contribution < 1.29 is 0 Å². The van der Waals surface area contributed by atoms with Crippen LogP contribution in [-0.4, -0.2) is 36.1 Å². The van der Waals surface area contributed by atoms with Crippen molar-refractivity contribution in [1.29, 1.82) is 0 Å². The van der Waals surface area contributed by atoms with Crippen molar-refractivity contribution in [2.45, 2.75) is 37.8 Å². The molecule has 3 heteroatoms. The topological polar surface area (TPSA) is 28.2 Å². The van der Waals surface area contributed by atoms with Gasteiger partial charge < -0.3 is 10.2 Å². The lowest BCUT2D eigenvalue weighted by atomic mass is 9.96. The molecule has 0 spiro atoms. The number of pyridine rings is 1. The quantitative estimate of drug-likeness (QED) is 0.913. The molecule has 0 aliphatic heterocycles. The van der Waals surface area contributed by atoms with Gasteiger partial charge in [0.05, 0.1) is 5.52 Å². The van der Waals surface area contributed by atoms with Gasteiger partial charge in [0.25, 0.3) is 0 Å². The maximum Gasteiger partial charge on any atom is 0.0746 e. The maximum atomic E-state index is 4.53. The zero-order valence-corrected chi connectivity index (χ0v) is 13.1. The second-order valence-electron chi connectivity index (χ2n) is 6.42. The lowest BCUT2D eigenvalue weighted by molar-refractivity contribution is 0.153. The van der Waals surface area contributed by atoms with E-state index in [0.717, 1.165) is 18.6 Å². The first-order valence-electron chi connectivity index (χ1n) is 7.92. The Kier molecular flexibility index (Phi) is 4.22. The van der Waals surface area contributed by atoms with E-state index in [0.29, 0.717) is 5.54 Å². The number of hydrogen-bond donors (Lipinski definition) is 1. The van der Waals surface area contributed by atoms with Crippen LogP contribution in [0.3, 0.4) is 0 Å². The molecule has 1 aromatic carbocycles. The van der Waals surface area contributed by atoms with E-state index < -0.39 is 0 Å². The van der Waals surface area contributed by atoms with E-state index >= 15 is 0 Å². The largest absolute Gasteiger partial charge is 0.311 e. The minimum atomic E-state index is 0.345. The first kappa shape index (κ1) is 14.5. The van der Waals surface area contributed by atoms with Crippen molar-refractivity contribution in [3.63, 3.8) is 0 Å². The highest BCUT2D eigenvalue weighted by Gasteiger charge is 2.35. The summed E-state index contributed by atoms with van der Waals surface area (Å²) in [5, 5.41) is 4.90. The van der Waals surface area contributed by atoms with Crippen molar-refractivity contribution in [3.05, 3.63) is 42.1 Å². The molecule has 0 saturated heterocycles. The van der Waals surface area contributed by atoms with Crippen molar-refractivity contribution in [1.82, 2.24) is 15.2 Å². The van der Waals surface area contributed by atoms with Gasteiger partial charge in [-0.1, -0.05) is 37.1 Å². The number of nitrogens with one attached hydrogen (secondary N) is 1. The zero-order valence-electron chi connectivity index (χ0n) is 13.1. The molecule has 0 amide bonds. The average molecular weight is 283 g/mol. The Bertz CT molecular complexity index is 595. The maximum absolute atomic E-state index is 4.53. The molecule has 1 aromatic heterocycles. The number of nitrogens with zero attached hydrogens (tertiary/aromatic N) is 2. The number of rotatable bonds is 5. The van der Waals surface area contributed by atoms with Crippen molar-refractivity contribution in [2.24, 2.45) is 0 Å². The smallest absolute Gasteiger partial charge is 0.0746 e. The van der Waals surface area contributed by atoms with Crippen LogP contribution < -0.4 is 5.32 Å². The Morgan fingerprint density at radius 2 is 1.90 bits per heavy atom. The molecule has 1 saturated carbocycles. The molecule has 1 aliphatic carbocycles. The molecule has 0 unspecified atom stereocenters. The second-order valence-corrected chi connectivity index (χ2v) is 6.42. The number of benzene rings is 1. The summed E-state index contributed by atoms with van der Waals surface area (Å²) < 4.78 is 0. The summed E-state index contributed by atoms with van der Waals surface area (Å²) in [5.74, 6) is 0. The third-order valence-electron chi connectivity index (χ3n) is 4.97. The van der Waals surface area contributed by atoms with Gasteiger partial charge in [-0.25, -0.2) is 0 Å². The number of aromatic nitrogens is 1. The molecule has 2 aromatic rings. The summed E-state index contributed by atoms with van der Waals surface area (Å²) in [6, 6.07) is 10.6. The van der Waals surface area contributed by atoms with E-state index in [2.05, 4.69) is 53.6 Å². The lowest BCUT2D eigenvalue weighted by Gasteiger charge is -2.36. The first-order chi connectivity index (χ1) is 10.2. The molecule has 3 rings (SSSR count). The molecule has 1 fully saturated rings. The summed E-state index contributed by atoms with van der Waals surface area (Å²) in [6.07, 6.45) is 7.21. The Labute approximate surface area is 127 Å². The monoisotopic (exact) mass is 283 g/mol. The van der Waals surface area contributed by atoms with Crippen LogP contribution in [0.2, 0.25) is 0 Å². The van der Waals surface area contributed by atoms with Gasteiger partial charge in [0.2, 0.25) is 0 Å². The van der Waals surface area contributed by atoms with E-state index in [4.69, 9.17) is 0 Å². The SMILES string of the molecule is CN(C)C1(CNCc2cccc3cccnc23)CCCC1. The minimum absolute atomic E-state index is 0.345. The number of hydrogen-bond acceptors (Lipinski definition) is 3. The van der Waals surface area contributed by atoms with Crippen LogP contribution in [0.1, 0.15) is 31.2 Å². The fraction of sp³-hybridized carbons (Fsp3) is 0.500. The van der Waals surface area contributed by atoms with Gasteiger partial charge in [-0.3, -0.25) is 4.98 Å². The van der Waals surface area contributed by atoms with E-state index in [1.54, 1.807) is 0 Å². The second kappa shape index (κ2) is 6.12. The lowest BCUT2D eigenvalue weighted by Crippen LogP contribution is -2.49. The normalized spacial score (nSPS) is 17.7. The van der Waals surface area contributed by atoms with Crippen molar-refractivity contribution in [3.8, 4) is 0 Å². The van der Waals surface area contributed by atoms with Gasteiger partial charge in [-0.2, -0.15) is 0 Å². The predicted molar refractivity (Wildman–Crippen MR) is 88.3 cm³/mol. The highest BCUT2D eigenvalue weighted by Crippen LogP contribution is 2.33. The summed E-state index contributed by atoms with van der Waals surface area (Å²) in [5.41, 5.74) is 2.76. The molecule has 0 bridgehead atoms. The van der Waals surface area contributed by atoms with E-state index in [1.807, 2.05) is 12.3 Å². The van der Waals surface area contributed by atoms with E-state index in [-0.39, 0.29) is 0 Å². The van der Waals surface area contributed by atoms with Crippen molar-refractivity contribution >= 4 is 10.9 Å². The molecular weight excluding hydrogens is 258 g/mol. The molecule has 3 nitrogen and oxygen atoms in total. The van der Waals surface area contributed by atoms with E-state index in [1.165, 1.54) is 36.6 Å². The number of fused-ring (bicyclic) bond motifs is 1. The van der Waals surface area contributed by atoms with Gasteiger partial charge in [-0.05, 0) is 38.6 Å². The Hall–Kier alpha value is -1.45. The Morgan fingerprint density at radius 1 is 1.14 bits per heavy atom. The van der Waals surface area contributed by atoms with Gasteiger partial charge in [-0.15, -0.1) is 0 Å². The minimum Gasteiger partial charge on any atom is -0.311 e. The predicted octanol–water partition coefficient (Wildman–Crippen LogP) is 3.20. The van der Waals surface area contributed by atoms with Gasteiger partial charge in [0.15, 0.2) is 0 Å². The molecule has 21 heavy (non-hydrogen) atoms. The summed E-state index contributed by atoms with van der Waals surface area (Å²) in [6.45, 7) is 1.95. The Morgan fingerprint density at radius 3 is 2.67 bits per heavy atom. The number of para-hydroxylation sites is 1. The standard InChI is InChI=1S/C18H25N3/c1-21(2)18(10-3-4-11-18)14-19-13-16-8-5-7-15-9-6-12-20-17(15)16/h5-9,12,19H,3-4,10-11,13-14H2,1-2H3. The van der Waals surface area contributed by atoms with Crippen LogP contribution in [-0.2, 0) is 6.54 Å². The molecule has 1 aliphatic rings. The van der Waals surface area contributed by atoms with E-state index in [9.17, 15) is 0 Å². The molecule has 0 atom stereocenters. The third-order valence-corrected chi connectivity index (χ3v) is 4.97. The third kappa shape index (κ3) is 2.94. The van der Waals surface area contributed by atoms with Crippen LogP contribution >= 0.6 is 0 Å². The highest BCUT2D eigenvalue weighted by molar-refractivity contribution is 5.81. The van der Waals surface area contributed by atoms with Gasteiger partial charge >= 0.3 is 0 Å². The van der Waals surface area contributed by atoms with Crippen LogP contribution in [0.25, 0.3) is 10.9 Å². The molecule has 1 N–H and O–H groups in total. The Balaban J connectivity index is 1.69. The molecule has 0 radical (unpaired) electrons. The summed E-state index contributed by atoms with van der Waals surface area (Å²) >= 11 is 0. The molecular formula is C18H25N3. The van der Waals surface area contributed by atoms with Crippen LogP contribution in [0.4, 0.5) is 0 Å². The van der Waals surface area contributed by atoms with Crippen LogP contribution in [0.5, 0.6) is 0 Å². The van der Waals surface area contributed by atoms with Gasteiger partial charge in [0, 0.05) is 30.2 Å². The number of likely N-dealkylation sites (N-methyl/N-ethyl adjacent to an activating group) is 1. The summed E-state index contributed by atoms with van der Waals surface area (Å²) in [7, 11) is 4.43. The molecule has 112 valence electrons. The summed E-state index contributed by atoms with van der Waals surface area (Å²) in [4.78, 5) is 6.94. The first-order valence-corrected chi connectivity index (χ1v) is 7.92. The average Bonchev–Trinajstić information content (AvgIpc) is 2.98. The fourth-order valence-electron chi connectivity index (χ4n) is 3.56.